The number of carboxylic acids is 1. The fraction of sp³-hybridized carbons (Fsp3) is 0.643. The zero-order valence-electron chi connectivity index (χ0n) is 12.1. The van der Waals surface area contributed by atoms with Gasteiger partial charge in [0.25, 0.3) is 0 Å². The molecule has 0 aliphatic rings. The summed E-state index contributed by atoms with van der Waals surface area (Å²) in [7, 11) is 0. The number of hydrogen-bond donors (Lipinski definition) is 1. The van der Waals surface area contributed by atoms with E-state index >= 15 is 0 Å². The summed E-state index contributed by atoms with van der Waals surface area (Å²) in [4.78, 5) is 14.8. The number of nitrogens with zero attached hydrogens (tertiary/aromatic N) is 1. The van der Waals surface area contributed by atoms with E-state index in [2.05, 4.69) is 46.4 Å². The minimum absolute atomic E-state index is 0.0472. The maximum atomic E-state index is 10.9. The van der Waals surface area contributed by atoms with Crippen molar-refractivity contribution < 1.29 is 9.90 Å². The second-order valence-corrected chi connectivity index (χ2v) is 7.67. The highest BCUT2D eigenvalue weighted by molar-refractivity contribution is 7.13. The van der Waals surface area contributed by atoms with Crippen molar-refractivity contribution in [3.63, 3.8) is 0 Å². The lowest BCUT2D eigenvalue weighted by molar-refractivity contribution is 0.0308. The van der Waals surface area contributed by atoms with Crippen molar-refractivity contribution in [1.82, 2.24) is 4.90 Å². The van der Waals surface area contributed by atoms with E-state index in [-0.39, 0.29) is 11.1 Å². The standard InChI is InChI=1S/C14H23NO2S/c1-13(2,3)15(14(4,5)6)9-10-7-8-11(18-10)12(16)17/h7-8H,9H2,1-6H3,(H,16,17). The average Bonchev–Trinajstić information content (AvgIpc) is 2.58. The first-order chi connectivity index (χ1) is 8.01. The van der Waals surface area contributed by atoms with Crippen LogP contribution in [0.2, 0.25) is 0 Å². The molecule has 0 aliphatic carbocycles. The van der Waals surface area contributed by atoms with Crippen molar-refractivity contribution in [2.24, 2.45) is 0 Å². The van der Waals surface area contributed by atoms with Gasteiger partial charge in [-0.05, 0) is 53.7 Å². The molecule has 1 aromatic heterocycles. The van der Waals surface area contributed by atoms with Crippen LogP contribution in [-0.2, 0) is 6.54 Å². The summed E-state index contributed by atoms with van der Waals surface area (Å²) in [5, 5.41) is 8.95. The van der Waals surface area contributed by atoms with E-state index in [1.54, 1.807) is 6.07 Å². The fourth-order valence-electron chi connectivity index (χ4n) is 2.21. The van der Waals surface area contributed by atoms with Gasteiger partial charge in [-0.25, -0.2) is 4.79 Å². The SMILES string of the molecule is CC(C)(C)N(Cc1ccc(C(=O)O)s1)C(C)(C)C. The molecule has 1 heterocycles. The van der Waals surface area contributed by atoms with Gasteiger partial charge in [-0.2, -0.15) is 0 Å². The molecule has 0 aliphatic heterocycles. The maximum Gasteiger partial charge on any atom is 0.345 e. The van der Waals surface area contributed by atoms with E-state index in [1.165, 1.54) is 11.3 Å². The van der Waals surface area contributed by atoms with Crippen molar-refractivity contribution in [3.05, 3.63) is 21.9 Å². The number of rotatable bonds is 3. The molecule has 0 saturated heterocycles. The van der Waals surface area contributed by atoms with Crippen LogP contribution in [0.15, 0.2) is 12.1 Å². The molecule has 0 radical (unpaired) electrons. The molecule has 102 valence electrons. The largest absolute Gasteiger partial charge is 0.477 e. The third-order valence-corrected chi connectivity index (χ3v) is 3.86. The molecule has 3 nitrogen and oxygen atoms in total. The first kappa shape index (κ1) is 15.2. The molecular weight excluding hydrogens is 246 g/mol. The normalized spacial score (nSPS) is 13.1. The van der Waals surface area contributed by atoms with Gasteiger partial charge >= 0.3 is 5.97 Å². The van der Waals surface area contributed by atoms with E-state index in [9.17, 15) is 4.79 Å². The minimum Gasteiger partial charge on any atom is -0.477 e. The zero-order chi connectivity index (χ0) is 14.1. The minimum atomic E-state index is -0.843. The zero-order valence-corrected chi connectivity index (χ0v) is 12.9. The molecule has 0 atom stereocenters. The fourth-order valence-corrected chi connectivity index (χ4v) is 3.05. The number of carboxylic acid groups (broad SMARTS) is 1. The Labute approximate surface area is 113 Å². The molecule has 0 bridgehead atoms. The molecule has 1 rings (SSSR count). The van der Waals surface area contributed by atoms with Gasteiger partial charge in [0.2, 0.25) is 0 Å². The summed E-state index contributed by atoms with van der Waals surface area (Å²) in [6, 6.07) is 3.60. The maximum absolute atomic E-state index is 10.9. The molecule has 4 heteroatoms. The van der Waals surface area contributed by atoms with Crippen LogP contribution in [0.25, 0.3) is 0 Å². The highest BCUT2D eigenvalue weighted by atomic mass is 32.1. The second kappa shape index (κ2) is 5.02. The third kappa shape index (κ3) is 3.82. The van der Waals surface area contributed by atoms with Gasteiger partial charge in [0.15, 0.2) is 0 Å². The Morgan fingerprint density at radius 2 is 1.67 bits per heavy atom. The second-order valence-electron chi connectivity index (χ2n) is 6.50. The Bertz CT molecular complexity index is 410. The summed E-state index contributed by atoms with van der Waals surface area (Å²) < 4.78 is 0. The molecule has 0 unspecified atom stereocenters. The molecule has 0 fully saturated rings. The van der Waals surface area contributed by atoms with Gasteiger partial charge in [0, 0.05) is 22.5 Å². The van der Waals surface area contributed by atoms with Gasteiger partial charge in [-0.1, -0.05) is 0 Å². The number of aromatic carboxylic acids is 1. The van der Waals surface area contributed by atoms with E-state index < -0.39 is 5.97 Å². The lowest BCUT2D eigenvalue weighted by Crippen LogP contribution is -2.51. The Kier molecular flexibility index (Phi) is 4.23. The molecular formula is C14H23NO2S. The Morgan fingerprint density at radius 3 is 2.00 bits per heavy atom. The molecule has 1 aromatic rings. The van der Waals surface area contributed by atoms with Gasteiger partial charge in [0.05, 0.1) is 0 Å². The predicted molar refractivity (Wildman–Crippen MR) is 76.3 cm³/mol. The first-order valence-electron chi connectivity index (χ1n) is 6.11. The van der Waals surface area contributed by atoms with E-state index in [0.29, 0.717) is 4.88 Å². The van der Waals surface area contributed by atoms with Crippen LogP contribution in [0.4, 0.5) is 0 Å². The molecule has 18 heavy (non-hydrogen) atoms. The Balaban J connectivity index is 2.94. The number of thiophene rings is 1. The Morgan fingerprint density at radius 1 is 1.17 bits per heavy atom. The van der Waals surface area contributed by atoms with E-state index in [4.69, 9.17) is 5.11 Å². The topological polar surface area (TPSA) is 40.5 Å². The summed E-state index contributed by atoms with van der Waals surface area (Å²) in [6.45, 7) is 13.9. The smallest absolute Gasteiger partial charge is 0.345 e. The van der Waals surface area contributed by atoms with Gasteiger partial charge in [-0.3, -0.25) is 4.90 Å². The van der Waals surface area contributed by atoms with Crippen LogP contribution >= 0.6 is 11.3 Å². The monoisotopic (exact) mass is 269 g/mol. The summed E-state index contributed by atoms with van der Waals surface area (Å²) in [5.74, 6) is -0.843. The summed E-state index contributed by atoms with van der Waals surface area (Å²) in [6.07, 6.45) is 0. The summed E-state index contributed by atoms with van der Waals surface area (Å²) >= 11 is 1.36. The molecule has 0 amide bonds. The highest BCUT2D eigenvalue weighted by Crippen LogP contribution is 2.29. The van der Waals surface area contributed by atoms with Crippen LogP contribution in [0, 0.1) is 0 Å². The third-order valence-electron chi connectivity index (χ3n) is 2.81. The van der Waals surface area contributed by atoms with Gasteiger partial charge in [-0.15, -0.1) is 11.3 Å². The molecule has 0 saturated carbocycles. The van der Waals surface area contributed by atoms with Crippen LogP contribution in [0.5, 0.6) is 0 Å². The molecule has 0 aromatic carbocycles. The van der Waals surface area contributed by atoms with Crippen LogP contribution < -0.4 is 0 Å². The van der Waals surface area contributed by atoms with Crippen LogP contribution in [0.1, 0.15) is 56.1 Å². The molecule has 0 spiro atoms. The van der Waals surface area contributed by atoms with Crippen molar-refractivity contribution >= 4 is 17.3 Å². The van der Waals surface area contributed by atoms with Crippen LogP contribution in [-0.4, -0.2) is 27.1 Å². The predicted octanol–water partition coefficient (Wildman–Crippen LogP) is 3.85. The van der Waals surface area contributed by atoms with E-state index in [0.717, 1.165) is 11.4 Å². The number of hydrogen-bond acceptors (Lipinski definition) is 3. The van der Waals surface area contributed by atoms with Crippen molar-refractivity contribution in [2.75, 3.05) is 0 Å². The van der Waals surface area contributed by atoms with Crippen LogP contribution in [0.3, 0.4) is 0 Å². The average molecular weight is 269 g/mol. The van der Waals surface area contributed by atoms with Crippen molar-refractivity contribution in [3.8, 4) is 0 Å². The lowest BCUT2D eigenvalue weighted by atomic mass is 9.96. The highest BCUT2D eigenvalue weighted by Gasteiger charge is 2.31. The summed E-state index contributed by atoms with van der Waals surface area (Å²) in [5.41, 5.74) is 0.0945. The van der Waals surface area contributed by atoms with Gasteiger partial charge in [0.1, 0.15) is 4.88 Å². The van der Waals surface area contributed by atoms with E-state index in [1.807, 2.05) is 6.07 Å². The lowest BCUT2D eigenvalue weighted by Gasteiger charge is -2.45. The number of carbonyl (C=O) groups is 1. The quantitative estimate of drug-likeness (QED) is 0.906. The Hall–Kier alpha value is -0.870. The van der Waals surface area contributed by atoms with Crippen molar-refractivity contribution in [1.29, 1.82) is 0 Å². The van der Waals surface area contributed by atoms with Crippen molar-refractivity contribution in [2.45, 2.75) is 59.2 Å². The first-order valence-corrected chi connectivity index (χ1v) is 6.93. The molecule has 1 N–H and O–H groups in total. The van der Waals surface area contributed by atoms with Gasteiger partial charge < -0.3 is 5.11 Å².